The molecule has 0 atom stereocenters. The van der Waals surface area contributed by atoms with E-state index in [1.165, 1.54) is 11.1 Å². The molecule has 0 amide bonds. The molecule has 4 rings (SSSR count). The molecular weight excluding hydrogens is 410 g/mol. The number of hydrogen-bond donors (Lipinski definition) is 2. The molecular formula is C28H35N3O2. The summed E-state index contributed by atoms with van der Waals surface area (Å²) in [5, 5.41) is 13.1. The molecule has 0 bridgehead atoms. The zero-order valence-corrected chi connectivity index (χ0v) is 19.8. The van der Waals surface area contributed by atoms with E-state index in [1.54, 1.807) is 0 Å². The van der Waals surface area contributed by atoms with Crippen LogP contribution >= 0.6 is 0 Å². The van der Waals surface area contributed by atoms with Crippen LogP contribution in [0.4, 0.5) is 5.69 Å². The second-order valence-electron chi connectivity index (χ2n) is 9.05. The summed E-state index contributed by atoms with van der Waals surface area (Å²) in [4.78, 5) is 7.19. The van der Waals surface area contributed by atoms with Crippen LogP contribution in [0.5, 0.6) is 5.88 Å². The van der Waals surface area contributed by atoms with Crippen LogP contribution < -0.4 is 10.1 Å². The Morgan fingerprint density at radius 1 is 1.03 bits per heavy atom. The molecule has 0 radical (unpaired) electrons. The standard InChI is InChI=1S/C28H35N3O2/c1-21-16-22(2)30-28(33-20-24-8-4-3-5-9-24)26(21)17-29-27-11-7-6-10-25(27)18-31-14-12-23(19-32)13-15-31/h3-11,16,23,29,32H,12-15,17-20H2,1-2H3. The highest BCUT2D eigenvalue weighted by Crippen LogP contribution is 2.26. The van der Waals surface area contributed by atoms with Gasteiger partial charge in [0.15, 0.2) is 0 Å². The summed E-state index contributed by atoms with van der Waals surface area (Å²) in [7, 11) is 0. The van der Waals surface area contributed by atoms with E-state index >= 15 is 0 Å². The van der Waals surface area contributed by atoms with Gasteiger partial charge in [0.05, 0.1) is 0 Å². The number of piperidine rings is 1. The van der Waals surface area contributed by atoms with Gasteiger partial charge in [0, 0.05) is 36.6 Å². The van der Waals surface area contributed by atoms with Gasteiger partial charge in [-0.25, -0.2) is 4.98 Å². The van der Waals surface area contributed by atoms with Crippen LogP contribution in [0.1, 0.15) is 40.8 Å². The Labute approximate surface area is 197 Å². The molecule has 33 heavy (non-hydrogen) atoms. The average Bonchev–Trinajstić information content (AvgIpc) is 2.84. The number of rotatable bonds is 9. The third kappa shape index (κ3) is 6.34. The van der Waals surface area contributed by atoms with E-state index in [9.17, 15) is 5.11 Å². The van der Waals surface area contributed by atoms with E-state index in [0.29, 0.717) is 31.6 Å². The highest BCUT2D eigenvalue weighted by molar-refractivity contribution is 5.52. The maximum atomic E-state index is 9.41. The molecule has 1 saturated heterocycles. The minimum absolute atomic E-state index is 0.310. The Kier molecular flexibility index (Phi) is 7.97. The minimum atomic E-state index is 0.310. The molecule has 1 fully saturated rings. The maximum Gasteiger partial charge on any atom is 0.219 e. The molecule has 2 aromatic carbocycles. The number of hydrogen-bond acceptors (Lipinski definition) is 5. The number of nitrogens with zero attached hydrogens (tertiary/aromatic N) is 2. The van der Waals surface area contributed by atoms with Crippen LogP contribution in [0.15, 0.2) is 60.7 Å². The quantitative estimate of drug-likeness (QED) is 0.480. The number of benzene rings is 2. The van der Waals surface area contributed by atoms with Crippen LogP contribution in [-0.4, -0.2) is 34.7 Å². The molecule has 0 unspecified atom stereocenters. The van der Waals surface area contributed by atoms with E-state index in [1.807, 2.05) is 25.1 Å². The third-order valence-corrected chi connectivity index (χ3v) is 6.49. The summed E-state index contributed by atoms with van der Waals surface area (Å²) in [6.45, 7) is 8.61. The smallest absolute Gasteiger partial charge is 0.219 e. The molecule has 5 heteroatoms. The normalized spacial score (nSPS) is 14.9. The Hall–Kier alpha value is -2.89. The summed E-state index contributed by atoms with van der Waals surface area (Å²) in [5.41, 5.74) is 6.82. The predicted molar refractivity (Wildman–Crippen MR) is 133 cm³/mol. The van der Waals surface area contributed by atoms with Gasteiger partial charge in [0.25, 0.3) is 0 Å². The van der Waals surface area contributed by atoms with Crippen LogP contribution in [0.3, 0.4) is 0 Å². The summed E-state index contributed by atoms with van der Waals surface area (Å²) in [5.74, 6) is 1.16. The van der Waals surface area contributed by atoms with Crippen molar-refractivity contribution in [3.05, 3.63) is 88.6 Å². The maximum absolute atomic E-state index is 9.41. The largest absolute Gasteiger partial charge is 0.473 e. The topological polar surface area (TPSA) is 57.6 Å². The number of pyridine rings is 1. The Morgan fingerprint density at radius 2 is 1.76 bits per heavy atom. The zero-order valence-electron chi connectivity index (χ0n) is 19.8. The van der Waals surface area contributed by atoms with Crippen molar-refractivity contribution in [3.63, 3.8) is 0 Å². The van der Waals surface area contributed by atoms with Gasteiger partial charge in [-0.15, -0.1) is 0 Å². The van der Waals surface area contributed by atoms with Gasteiger partial charge in [-0.3, -0.25) is 4.90 Å². The van der Waals surface area contributed by atoms with Crippen molar-refractivity contribution in [2.75, 3.05) is 25.0 Å². The van der Waals surface area contributed by atoms with E-state index in [0.717, 1.165) is 55.0 Å². The van der Waals surface area contributed by atoms with Crippen LogP contribution in [0.25, 0.3) is 0 Å². The minimum Gasteiger partial charge on any atom is -0.473 e. The molecule has 174 valence electrons. The second kappa shape index (κ2) is 11.3. The molecule has 2 heterocycles. The van der Waals surface area contributed by atoms with E-state index < -0.39 is 0 Å². The predicted octanol–water partition coefficient (Wildman–Crippen LogP) is 5.09. The molecule has 3 aromatic rings. The van der Waals surface area contributed by atoms with Crippen molar-refractivity contribution in [2.45, 2.75) is 46.4 Å². The average molecular weight is 446 g/mol. The lowest BCUT2D eigenvalue weighted by Gasteiger charge is -2.31. The van der Waals surface area contributed by atoms with Crippen molar-refractivity contribution < 1.29 is 9.84 Å². The van der Waals surface area contributed by atoms with E-state index in [-0.39, 0.29) is 0 Å². The van der Waals surface area contributed by atoms with Crippen molar-refractivity contribution in [1.29, 1.82) is 0 Å². The molecule has 0 spiro atoms. The van der Waals surface area contributed by atoms with Crippen molar-refractivity contribution in [1.82, 2.24) is 9.88 Å². The van der Waals surface area contributed by atoms with Crippen molar-refractivity contribution in [3.8, 4) is 5.88 Å². The monoisotopic (exact) mass is 445 g/mol. The SMILES string of the molecule is Cc1cc(C)c(CNc2ccccc2CN2CCC(CO)CC2)c(OCc2ccccc2)n1. The molecule has 0 saturated carbocycles. The number of para-hydroxylation sites is 1. The lowest BCUT2D eigenvalue weighted by molar-refractivity contribution is 0.127. The fraction of sp³-hybridized carbons (Fsp3) is 0.393. The number of ether oxygens (including phenoxy) is 1. The van der Waals surface area contributed by atoms with Crippen LogP contribution in [0, 0.1) is 19.8 Å². The summed E-state index contributed by atoms with van der Waals surface area (Å²) in [6.07, 6.45) is 2.14. The second-order valence-corrected chi connectivity index (χ2v) is 9.05. The first-order valence-corrected chi connectivity index (χ1v) is 11.9. The molecule has 1 aliphatic rings. The molecule has 0 aliphatic carbocycles. The summed E-state index contributed by atoms with van der Waals surface area (Å²) < 4.78 is 6.17. The highest BCUT2D eigenvalue weighted by atomic mass is 16.5. The number of aliphatic hydroxyl groups excluding tert-OH is 1. The van der Waals surface area contributed by atoms with Gasteiger partial charge in [-0.1, -0.05) is 48.5 Å². The fourth-order valence-electron chi connectivity index (χ4n) is 4.47. The molecule has 1 aliphatic heterocycles. The highest BCUT2D eigenvalue weighted by Gasteiger charge is 2.19. The van der Waals surface area contributed by atoms with Crippen molar-refractivity contribution >= 4 is 5.69 Å². The van der Waals surface area contributed by atoms with Crippen molar-refractivity contribution in [2.24, 2.45) is 5.92 Å². The van der Waals surface area contributed by atoms with Crippen LogP contribution in [-0.2, 0) is 19.7 Å². The molecule has 1 aromatic heterocycles. The first kappa shape index (κ1) is 23.3. The third-order valence-electron chi connectivity index (χ3n) is 6.49. The first-order valence-electron chi connectivity index (χ1n) is 11.9. The van der Waals surface area contributed by atoms with Gasteiger partial charge in [-0.2, -0.15) is 0 Å². The molecule has 5 nitrogen and oxygen atoms in total. The number of aryl methyl sites for hydroxylation is 2. The summed E-state index contributed by atoms with van der Waals surface area (Å²) in [6, 6.07) is 20.9. The Morgan fingerprint density at radius 3 is 2.52 bits per heavy atom. The van der Waals surface area contributed by atoms with Gasteiger partial charge >= 0.3 is 0 Å². The Bertz CT molecular complexity index is 1030. The summed E-state index contributed by atoms with van der Waals surface area (Å²) >= 11 is 0. The number of aromatic nitrogens is 1. The van der Waals surface area contributed by atoms with E-state index in [2.05, 4.69) is 59.6 Å². The van der Waals surface area contributed by atoms with Crippen LogP contribution in [0.2, 0.25) is 0 Å². The van der Waals surface area contributed by atoms with Gasteiger partial charge in [-0.05, 0) is 74.5 Å². The van der Waals surface area contributed by atoms with Gasteiger partial charge < -0.3 is 15.2 Å². The number of aliphatic hydroxyl groups is 1. The lowest BCUT2D eigenvalue weighted by Crippen LogP contribution is -2.34. The lowest BCUT2D eigenvalue weighted by atomic mass is 9.97. The number of nitrogens with one attached hydrogen (secondary N) is 1. The Balaban J connectivity index is 1.45. The number of anilines is 1. The van der Waals surface area contributed by atoms with Gasteiger partial charge in [0.2, 0.25) is 5.88 Å². The molecule has 2 N–H and O–H groups in total. The van der Waals surface area contributed by atoms with E-state index in [4.69, 9.17) is 9.72 Å². The van der Waals surface area contributed by atoms with Gasteiger partial charge in [0.1, 0.15) is 6.61 Å². The zero-order chi connectivity index (χ0) is 23.0. The first-order chi connectivity index (χ1) is 16.1. The number of likely N-dealkylation sites (tertiary alicyclic amines) is 1. The fourth-order valence-corrected chi connectivity index (χ4v) is 4.47.